The van der Waals surface area contributed by atoms with Crippen molar-refractivity contribution in [3.63, 3.8) is 0 Å². The molecule has 1 aliphatic rings. The Kier molecular flexibility index (Phi) is 5.38. The van der Waals surface area contributed by atoms with Crippen molar-refractivity contribution in [2.45, 2.75) is 17.4 Å². The van der Waals surface area contributed by atoms with Crippen molar-refractivity contribution < 1.29 is 28.6 Å². The molecule has 0 aromatic carbocycles. The predicted molar refractivity (Wildman–Crippen MR) is 86.7 cm³/mol. The number of primary sulfonamides is 1. The quantitative estimate of drug-likeness (QED) is 0.434. The molecule has 0 aliphatic heterocycles. The van der Waals surface area contributed by atoms with Crippen molar-refractivity contribution >= 4 is 27.3 Å². The van der Waals surface area contributed by atoms with E-state index in [4.69, 9.17) is 10.2 Å². The van der Waals surface area contributed by atoms with Crippen molar-refractivity contribution in [2.24, 2.45) is 5.14 Å². The fourth-order valence-electron chi connectivity index (χ4n) is 2.20. The molecular formula is C14H16N2O6S2. The van der Waals surface area contributed by atoms with Crippen LogP contribution in [-0.4, -0.2) is 47.5 Å². The van der Waals surface area contributed by atoms with Crippen LogP contribution in [0.15, 0.2) is 51.9 Å². The number of sulfonamides is 1. The largest absolute Gasteiger partial charge is 0.396 e. The Hall–Kier alpha value is -1.82. The van der Waals surface area contributed by atoms with Crippen LogP contribution in [0.4, 0.5) is 0 Å². The van der Waals surface area contributed by atoms with Crippen molar-refractivity contribution in [1.29, 1.82) is 0 Å². The first-order chi connectivity index (χ1) is 11.2. The number of hydroxylamine groups is 2. The zero-order chi connectivity index (χ0) is 18.1. The van der Waals surface area contributed by atoms with Gasteiger partial charge >= 0.3 is 0 Å². The van der Waals surface area contributed by atoms with E-state index >= 15 is 0 Å². The van der Waals surface area contributed by atoms with Gasteiger partial charge in [0, 0.05) is 6.61 Å². The summed E-state index contributed by atoms with van der Waals surface area (Å²) >= 11 is 0.789. The Morgan fingerprint density at radius 2 is 2.08 bits per heavy atom. The lowest BCUT2D eigenvalue weighted by Crippen LogP contribution is -2.36. The third-order valence-corrected chi connectivity index (χ3v) is 5.35. The summed E-state index contributed by atoms with van der Waals surface area (Å²) in [6.45, 7) is 3.33. The average Bonchev–Trinajstić information content (AvgIpc) is 3.00. The molecule has 130 valence electrons. The molecule has 1 aromatic heterocycles. The van der Waals surface area contributed by atoms with Gasteiger partial charge in [-0.15, -0.1) is 11.3 Å². The second-order valence-corrected chi connectivity index (χ2v) is 7.42. The Labute approximate surface area is 142 Å². The van der Waals surface area contributed by atoms with Crippen LogP contribution >= 0.6 is 11.3 Å². The standard InChI is InChI=1S/C14H16N2O6S2/c1-8-2-3-9(4-6-17)11(12(8)18)16(20)14(19)13-10(5-7-23-13)24(15,21)22/h2-3,5,7,12,17-18,20H,1,4,6H2,(H2,15,21,22). The Balaban J connectivity index is 2.48. The molecule has 0 saturated heterocycles. The minimum Gasteiger partial charge on any atom is -0.396 e. The molecule has 1 amide bonds. The van der Waals surface area contributed by atoms with Crippen LogP contribution in [0.25, 0.3) is 0 Å². The van der Waals surface area contributed by atoms with E-state index in [1.165, 1.54) is 17.5 Å². The summed E-state index contributed by atoms with van der Waals surface area (Å²) in [4.78, 5) is 11.8. The van der Waals surface area contributed by atoms with Crippen molar-refractivity contribution in [1.82, 2.24) is 5.06 Å². The van der Waals surface area contributed by atoms with Crippen LogP contribution in [0.1, 0.15) is 16.1 Å². The van der Waals surface area contributed by atoms with E-state index in [0.29, 0.717) is 5.57 Å². The number of aliphatic hydroxyl groups is 2. The van der Waals surface area contributed by atoms with Gasteiger partial charge < -0.3 is 10.2 Å². The van der Waals surface area contributed by atoms with Crippen LogP contribution in [0, 0.1) is 0 Å². The highest BCUT2D eigenvalue weighted by molar-refractivity contribution is 7.89. The summed E-state index contributed by atoms with van der Waals surface area (Å²) in [5.41, 5.74) is 0.369. The van der Waals surface area contributed by atoms with Crippen LogP contribution in [0.3, 0.4) is 0 Å². The number of nitrogens with two attached hydrogens (primary N) is 1. The molecule has 0 radical (unpaired) electrons. The lowest BCUT2D eigenvalue weighted by atomic mass is 9.95. The van der Waals surface area contributed by atoms with Gasteiger partial charge in [0.2, 0.25) is 10.0 Å². The van der Waals surface area contributed by atoms with Crippen molar-refractivity contribution in [3.8, 4) is 0 Å². The molecule has 8 nitrogen and oxygen atoms in total. The first-order valence-corrected chi connectivity index (χ1v) is 9.13. The molecule has 0 saturated carbocycles. The number of hydrogen-bond donors (Lipinski definition) is 4. The number of allylic oxidation sites excluding steroid dienone is 1. The topological polar surface area (TPSA) is 141 Å². The molecule has 0 fully saturated rings. The number of aliphatic hydroxyl groups excluding tert-OH is 2. The lowest BCUT2D eigenvalue weighted by Gasteiger charge is -2.28. The highest BCUT2D eigenvalue weighted by atomic mass is 32.2. The van der Waals surface area contributed by atoms with Gasteiger partial charge in [0.1, 0.15) is 15.9 Å². The normalized spacial score (nSPS) is 18.2. The fraction of sp³-hybridized carbons (Fsp3) is 0.214. The minimum atomic E-state index is -4.15. The van der Waals surface area contributed by atoms with E-state index in [0.717, 1.165) is 17.4 Å². The maximum Gasteiger partial charge on any atom is 0.293 e. The van der Waals surface area contributed by atoms with Crippen LogP contribution in [0.5, 0.6) is 0 Å². The van der Waals surface area contributed by atoms with Crippen molar-refractivity contribution in [2.75, 3.05) is 6.61 Å². The third kappa shape index (κ3) is 3.48. The first-order valence-electron chi connectivity index (χ1n) is 6.71. The number of amides is 1. The second kappa shape index (κ2) is 6.97. The van der Waals surface area contributed by atoms with Gasteiger partial charge in [0.05, 0.1) is 5.70 Å². The van der Waals surface area contributed by atoms with E-state index < -0.39 is 26.9 Å². The van der Waals surface area contributed by atoms with Gasteiger partial charge in [0.25, 0.3) is 5.91 Å². The highest BCUT2D eigenvalue weighted by Crippen LogP contribution is 2.30. The molecule has 2 rings (SSSR count). The zero-order valence-electron chi connectivity index (χ0n) is 12.4. The number of rotatable bonds is 5. The van der Waals surface area contributed by atoms with Gasteiger partial charge in [-0.2, -0.15) is 5.06 Å². The molecule has 5 N–H and O–H groups in total. The molecule has 1 unspecified atom stereocenters. The summed E-state index contributed by atoms with van der Waals surface area (Å²) in [6, 6.07) is 1.15. The van der Waals surface area contributed by atoms with E-state index in [1.807, 2.05) is 0 Å². The Morgan fingerprint density at radius 1 is 1.42 bits per heavy atom. The lowest BCUT2D eigenvalue weighted by molar-refractivity contribution is -0.0449. The summed E-state index contributed by atoms with van der Waals surface area (Å²) in [5, 5.41) is 36.1. The third-order valence-electron chi connectivity index (χ3n) is 3.37. The van der Waals surface area contributed by atoms with Gasteiger partial charge in [-0.3, -0.25) is 10.0 Å². The number of hydrogen-bond acceptors (Lipinski definition) is 7. The second-order valence-electron chi connectivity index (χ2n) is 4.97. The minimum absolute atomic E-state index is 0.0764. The van der Waals surface area contributed by atoms with Crippen LogP contribution in [0.2, 0.25) is 0 Å². The van der Waals surface area contributed by atoms with Gasteiger partial charge in [-0.05, 0) is 29.0 Å². The number of thiophene rings is 1. The molecule has 24 heavy (non-hydrogen) atoms. The maximum absolute atomic E-state index is 12.5. The average molecular weight is 372 g/mol. The SMILES string of the molecule is C=C1C=CC(CCO)=C(N(O)C(=O)c2sccc2S(N)(=O)=O)C1O. The first kappa shape index (κ1) is 18.5. The fourth-order valence-corrected chi connectivity index (χ4v) is 4.10. The summed E-state index contributed by atoms with van der Waals surface area (Å²) in [7, 11) is -4.15. The number of carbonyl (C=O) groups is 1. The van der Waals surface area contributed by atoms with E-state index in [9.17, 15) is 23.5 Å². The number of carbonyl (C=O) groups excluding carboxylic acids is 1. The predicted octanol–water partition coefficient (Wildman–Crippen LogP) is 0.350. The molecule has 1 aromatic rings. The summed E-state index contributed by atoms with van der Waals surface area (Å²) in [5.74, 6) is -1.05. The molecule has 1 heterocycles. The Bertz CT molecular complexity index is 837. The molecule has 1 atom stereocenters. The molecule has 1 aliphatic carbocycles. The monoisotopic (exact) mass is 372 g/mol. The molecule has 0 bridgehead atoms. The van der Waals surface area contributed by atoms with Gasteiger partial charge in [0.15, 0.2) is 0 Å². The van der Waals surface area contributed by atoms with Gasteiger partial charge in [-0.25, -0.2) is 13.6 Å². The smallest absolute Gasteiger partial charge is 0.293 e. The van der Waals surface area contributed by atoms with Crippen LogP contribution in [-0.2, 0) is 10.0 Å². The molecular weight excluding hydrogens is 356 g/mol. The number of nitrogens with zero attached hydrogens (tertiary/aromatic N) is 1. The highest BCUT2D eigenvalue weighted by Gasteiger charge is 2.32. The van der Waals surface area contributed by atoms with Gasteiger partial charge in [-0.1, -0.05) is 18.7 Å². The summed E-state index contributed by atoms with van der Waals surface area (Å²) < 4.78 is 23.0. The van der Waals surface area contributed by atoms with Crippen molar-refractivity contribution in [3.05, 3.63) is 51.9 Å². The molecule has 10 heteroatoms. The van der Waals surface area contributed by atoms with E-state index in [2.05, 4.69) is 6.58 Å². The van der Waals surface area contributed by atoms with Crippen LogP contribution < -0.4 is 5.14 Å². The van der Waals surface area contributed by atoms with E-state index in [-0.39, 0.29) is 34.2 Å². The van der Waals surface area contributed by atoms with E-state index in [1.54, 1.807) is 0 Å². The summed E-state index contributed by atoms with van der Waals surface area (Å²) in [6.07, 6.45) is 1.71. The Morgan fingerprint density at radius 3 is 2.67 bits per heavy atom. The molecule has 0 spiro atoms. The zero-order valence-corrected chi connectivity index (χ0v) is 14.0. The maximum atomic E-state index is 12.5.